The number of carboxylic acids is 1. The Labute approximate surface area is 125 Å². The summed E-state index contributed by atoms with van der Waals surface area (Å²) in [5, 5.41) is 11.8. The van der Waals surface area contributed by atoms with Crippen LogP contribution in [0.4, 0.5) is 4.79 Å². The molecule has 1 heterocycles. The second kappa shape index (κ2) is 7.76. The first-order valence-electron chi connectivity index (χ1n) is 7.13. The first-order valence-corrected chi connectivity index (χ1v) is 8.52. The molecule has 0 unspecified atom stereocenters. The highest BCUT2D eigenvalue weighted by molar-refractivity contribution is 7.98. The molecule has 1 atom stereocenters. The van der Waals surface area contributed by atoms with Gasteiger partial charge in [-0.05, 0) is 43.1 Å². The Morgan fingerprint density at radius 1 is 1.35 bits per heavy atom. The van der Waals surface area contributed by atoms with E-state index in [4.69, 9.17) is 5.11 Å². The van der Waals surface area contributed by atoms with Gasteiger partial charge >= 0.3 is 12.0 Å². The van der Waals surface area contributed by atoms with Crippen molar-refractivity contribution in [2.24, 2.45) is 5.41 Å². The van der Waals surface area contributed by atoms with Gasteiger partial charge in [0.25, 0.3) is 0 Å². The maximum atomic E-state index is 12.2. The lowest BCUT2D eigenvalue weighted by molar-refractivity contribution is -0.139. The number of urea groups is 1. The van der Waals surface area contributed by atoms with Gasteiger partial charge in [0.05, 0.1) is 0 Å². The predicted molar refractivity (Wildman–Crippen MR) is 82.2 cm³/mol. The third-order valence-corrected chi connectivity index (χ3v) is 4.48. The van der Waals surface area contributed by atoms with Crippen LogP contribution in [-0.2, 0) is 4.79 Å². The van der Waals surface area contributed by atoms with Crippen LogP contribution in [0.3, 0.4) is 0 Å². The van der Waals surface area contributed by atoms with Crippen molar-refractivity contribution < 1.29 is 14.7 Å². The summed E-state index contributed by atoms with van der Waals surface area (Å²) in [7, 11) is 0. The van der Waals surface area contributed by atoms with E-state index < -0.39 is 12.0 Å². The van der Waals surface area contributed by atoms with Gasteiger partial charge in [0.15, 0.2) is 0 Å². The van der Waals surface area contributed by atoms with Crippen LogP contribution in [0.15, 0.2) is 0 Å². The third kappa shape index (κ3) is 5.61. The number of nitrogens with one attached hydrogen (secondary N) is 1. The summed E-state index contributed by atoms with van der Waals surface area (Å²) in [6.45, 7) is 5.84. The van der Waals surface area contributed by atoms with Gasteiger partial charge in [0, 0.05) is 13.1 Å². The van der Waals surface area contributed by atoms with Gasteiger partial charge in [-0.1, -0.05) is 13.8 Å². The maximum absolute atomic E-state index is 12.2. The Morgan fingerprint density at radius 3 is 2.65 bits per heavy atom. The summed E-state index contributed by atoms with van der Waals surface area (Å²) in [5.74, 6) is -0.230. The predicted octanol–water partition coefficient (Wildman–Crippen LogP) is 2.41. The minimum absolute atomic E-state index is 0.240. The molecule has 0 saturated carbocycles. The maximum Gasteiger partial charge on any atom is 0.326 e. The molecule has 0 aromatic carbocycles. The van der Waals surface area contributed by atoms with Gasteiger partial charge in [0.2, 0.25) is 0 Å². The van der Waals surface area contributed by atoms with Crippen LogP contribution >= 0.6 is 11.8 Å². The third-order valence-electron chi connectivity index (χ3n) is 3.83. The zero-order valence-electron chi connectivity index (χ0n) is 12.6. The Bertz CT molecular complexity index is 347. The quantitative estimate of drug-likeness (QED) is 0.818. The fourth-order valence-electron chi connectivity index (χ4n) is 2.36. The summed E-state index contributed by atoms with van der Waals surface area (Å²) in [4.78, 5) is 25.1. The van der Waals surface area contributed by atoms with E-state index in [0.717, 1.165) is 25.0 Å². The Morgan fingerprint density at radius 2 is 2.05 bits per heavy atom. The van der Waals surface area contributed by atoms with Gasteiger partial charge in [0.1, 0.15) is 6.04 Å². The molecule has 6 heteroatoms. The molecular formula is C14H26N2O3S. The van der Waals surface area contributed by atoms with Crippen LogP contribution in [0, 0.1) is 5.41 Å². The van der Waals surface area contributed by atoms with E-state index in [-0.39, 0.29) is 11.4 Å². The Hall–Kier alpha value is -0.910. The monoisotopic (exact) mass is 302 g/mol. The molecule has 20 heavy (non-hydrogen) atoms. The SMILES string of the molecule is CSCC[C@H](NC(=O)N1CCCC(C)(C)CC1)C(=O)O. The molecule has 0 aliphatic carbocycles. The summed E-state index contributed by atoms with van der Waals surface area (Å²) < 4.78 is 0. The molecule has 1 aliphatic heterocycles. The van der Waals surface area contributed by atoms with Crippen molar-refractivity contribution in [1.29, 1.82) is 0 Å². The molecule has 0 radical (unpaired) electrons. The number of likely N-dealkylation sites (tertiary alicyclic amines) is 1. The average Bonchev–Trinajstić information content (AvgIpc) is 2.55. The number of nitrogens with zero attached hydrogens (tertiary/aromatic N) is 1. The van der Waals surface area contributed by atoms with Gasteiger partial charge in [-0.25, -0.2) is 9.59 Å². The minimum atomic E-state index is -0.956. The van der Waals surface area contributed by atoms with E-state index in [1.807, 2.05) is 6.26 Å². The second-order valence-electron chi connectivity index (χ2n) is 6.13. The molecule has 1 aliphatic rings. The minimum Gasteiger partial charge on any atom is -0.480 e. The van der Waals surface area contributed by atoms with Crippen molar-refractivity contribution in [3.63, 3.8) is 0 Å². The highest BCUT2D eigenvalue weighted by Crippen LogP contribution is 2.29. The van der Waals surface area contributed by atoms with Crippen LogP contribution in [0.5, 0.6) is 0 Å². The molecule has 1 fully saturated rings. The number of rotatable bonds is 5. The molecule has 0 bridgehead atoms. The zero-order chi connectivity index (χ0) is 15.2. The van der Waals surface area contributed by atoms with Crippen molar-refractivity contribution in [3.05, 3.63) is 0 Å². The normalized spacial score (nSPS) is 20.1. The molecule has 1 rings (SSSR count). The van der Waals surface area contributed by atoms with E-state index >= 15 is 0 Å². The van der Waals surface area contributed by atoms with Crippen molar-refractivity contribution in [2.75, 3.05) is 25.1 Å². The number of hydrogen-bond acceptors (Lipinski definition) is 3. The van der Waals surface area contributed by atoms with Gasteiger partial charge < -0.3 is 15.3 Å². The summed E-state index contributed by atoms with van der Waals surface area (Å²) in [6, 6.07) is -1.03. The average molecular weight is 302 g/mol. The molecule has 1 saturated heterocycles. The lowest BCUT2D eigenvalue weighted by atomic mass is 9.85. The first-order chi connectivity index (χ1) is 9.35. The van der Waals surface area contributed by atoms with Crippen molar-refractivity contribution in [3.8, 4) is 0 Å². The fourth-order valence-corrected chi connectivity index (χ4v) is 2.83. The van der Waals surface area contributed by atoms with E-state index in [1.54, 1.807) is 16.7 Å². The van der Waals surface area contributed by atoms with Crippen molar-refractivity contribution >= 4 is 23.8 Å². The standard InChI is InChI=1S/C14H26N2O3S/c1-14(2)6-4-8-16(9-7-14)13(19)15-11(12(17)18)5-10-20-3/h11H,4-10H2,1-3H3,(H,15,19)(H,17,18)/t11-/m0/s1. The number of aliphatic carboxylic acids is 1. The lowest BCUT2D eigenvalue weighted by Gasteiger charge is -2.25. The number of amides is 2. The number of hydrogen-bond donors (Lipinski definition) is 2. The van der Waals surface area contributed by atoms with Gasteiger partial charge in [-0.15, -0.1) is 0 Å². The molecule has 2 amide bonds. The van der Waals surface area contributed by atoms with Crippen LogP contribution in [0.2, 0.25) is 0 Å². The molecule has 0 aromatic rings. The van der Waals surface area contributed by atoms with Crippen LogP contribution in [0.25, 0.3) is 0 Å². The number of carbonyl (C=O) groups excluding carboxylic acids is 1. The molecular weight excluding hydrogens is 276 g/mol. The molecule has 116 valence electrons. The van der Waals surface area contributed by atoms with Crippen LogP contribution in [0.1, 0.15) is 39.5 Å². The molecule has 0 spiro atoms. The molecule has 5 nitrogen and oxygen atoms in total. The topological polar surface area (TPSA) is 69.6 Å². The highest BCUT2D eigenvalue weighted by atomic mass is 32.2. The Balaban J connectivity index is 2.53. The van der Waals surface area contributed by atoms with Crippen molar-refractivity contribution in [2.45, 2.75) is 45.6 Å². The summed E-state index contributed by atoms with van der Waals surface area (Å²) >= 11 is 1.58. The number of thioether (sulfide) groups is 1. The number of carboxylic acid groups (broad SMARTS) is 1. The second-order valence-corrected chi connectivity index (χ2v) is 7.11. The zero-order valence-corrected chi connectivity index (χ0v) is 13.5. The summed E-state index contributed by atoms with van der Waals surface area (Å²) in [5.41, 5.74) is 0.264. The van der Waals surface area contributed by atoms with Crippen LogP contribution < -0.4 is 5.32 Å². The van der Waals surface area contributed by atoms with Gasteiger partial charge in [-0.3, -0.25) is 0 Å². The largest absolute Gasteiger partial charge is 0.480 e. The van der Waals surface area contributed by atoms with E-state index in [0.29, 0.717) is 19.5 Å². The smallest absolute Gasteiger partial charge is 0.326 e. The number of carbonyl (C=O) groups is 2. The van der Waals surface area contributed by atoms with Crippen molar-refractivity contribution in [1.82, 2.24) is 10.2 Å². The van der Waals surface area contributed by atoms with E-state index in [9.17, 15) is 9.59 Å². The highest BCUT2D eigenvalue weighted by Gasteiger charge is 2.27. The van der Waals surface area contributed by atoms with E-state index in [2.05, 4.69) is 19.2 Å². The molecule has 2 N–H and O–H groups in total. The molecule has 0 aromatic heterocycles. The van der Waals surface area contributed by atoms with E-state index in [1.165, 1.54) is 0 Å². The Kier molecular flexibility index (Phi) is 6.65. The fraction of sp³-hybridized carbons (Fsp3) is 0.857. The summed E-state index contributed by atoms with van der Waals surface area (Å²) in [6.07, 6.45) is 5.43. The van der Waals surface area contributed by atoms with Gasteiger partial charge in [-0.2, -0.15) is 11.8 Å². The first kappa shape index (κ1) is 17.1. The van der Waals surface area contributed by atoms with Crippen LogP contribution in [-0.4, -0.2) is 53.1 Å². The lowest BCUT2D eigenvalue weighted by Crippen LogP contribution is -2.48.